The fourth-order valence-corrected chi connectivity index (χ4v) is 3.95. The van der Waals surface area contributed by atoms with Gasteiger partial charge in [0.15, 0.2) is 8.68 Å². The van der Waals surface area contributed by atoms with Crippen LogP contribution in [0.4, 0.5) is 5.95 Å². The predicted molar refractivity (Wildman–Crippen MR) is 72.0 cm³/mol. The molecule has 19 heavy (non-hydrogen) atoms. The number of anilines is 1. The van der Waals surface area contributed by atoms with Crippen LogP contribution in [0.15, 0.2) is 4.21 Å². The van der Waals surface area contributed by atoms with Gasteiger partial charge in [-0.3, -0.25) is 0 Å². The van der Waals surface area contributed by atoms with Gasteiger partial charge in [0.25, 0.3) is 16.0 Å². The lowest BCUT2D eigenvalue weighted by Crippen LogP contribution is -2.16. The SMILES string of the molecule is Cc1nnc(NS(=O)(=O)c2sc(Cl)nc2C)nc1C. The zero-order chi connectivity index (χ0) is 14.2. The van der Waals surface area contributed by atoms with E-state index in [2.05, 4.69) is 24.9 Å². The van der Waals surface area contributed by atoms with Gasteiger partial charge in [-0.1, -0.05) is 22.9 Å². The summed E-state index contributed by atoms with van der Waals surface area (Å²) in [6.45, 7) is 5.02. The molecule has 0 fully saturated rings. The van der Waals surface area contributed by atoms with E-state index in [1.165, 1.54) is 0 Å². The summed E-state index contributed by atoms with van der Waals surface area (Å²) in [6.07, 6.45) is 0. The molecule has 7 nitrogen and oxygen atoms in total. The third-order valence-electron chi connectivity index (χ3n) is 2.29. The molecule has 0 bridgehead atoms. The molecule has 0 aliphatic heterocycles. The summed E-state index contributed by atoms with van der Waals surface area (Å²) < 4.78 is 26.7. The Balaban J connectivity index is 2.36. The molecule has 0 radical (unpaired) electrons. The monoisotopic (exact) mass is 319 g/mol. The topological polar surface area (TPSA) is 97.7 Å². The average Bonchev–Trinajstić information content (AvgIpc) is 2.63. The first-order chi connectivity index (χ1) is 8.79. The Morgan fingerprint density at radius 2 is 1.74 bits per heavy atom. The van der Waals surface area contributed by atoms with E-state index >= 15 is 0 Å². The second kappa shape index (κ2) is 4.99. The van der Waals surface area contributed by atoms with Crippen molar-refractivity contribution in [2.24, 2.45) is 0 Å². The van der Waals surface area contributed by atoms with Crippen LogP contribution in [-0.4, -0.2) is 28.6 Å². The average molecular weight is 320 g/mol. The lowest BCUT2D eigenvalue weighted by atomic mass is 10.4. The van der Waals surface area contributed by atoms with Crippen molar-refractivity contribution in [1.82, 2.24) is 20.2 Å². The van der Waals surface area contributed by atoms with E-state index in [4.69, 9.17) is 11.6 Å². The highest BCUT2D eigenvalue weighted by molar-refractivity contribution is 7.94. The minimum atomic E-state index is -3.80. The van der Waals surface area contributed by atoms with E-state index in [-0.39, 0.29) is 14.6 Å². The van der Waals surface area contributed by atoms with Crippen molar-refractivity contribution < 1.29 is 8.42 Å². The third kappa shape index (κ3) is 2.99. The highest BCUT2D eigenvalue weighted by atomic mass is 35.5. The van der Waals surface area contributed by atoms with Crippen molar-refractivity contribution in [1.29, 1.82) is 0 Å². The largest absolute Gasteiger partial charge is 0.275 e. The zero-order valence-corrected chi connectivity index (χ0v) is 12.7. The summed E-state index contributed by atoms with van der Waals surface area (Å²) in [4.78, 5) is 7.87. The Kier molecular flexibility index (Phi) is 3.70. The number of nitrogens with zero attached hydrogens (tertiary/aromatic N) is 4. The van der Waals surface area contributed by atoms with Crippen LogP contribution >= 0.6 is 22.9 Å². The molecule has 2 aromatic rings. The Morgan fingerprint density at radius 1 is 1.05 bits per heavy atom. The van der Waals surface area contributed by atoms with Crippen LogP contribution in [0.5, 0.6) is 0 Å². The number of aromatic nitrogens is 4. The van der Waals surface area contributed by atoms with Crippen molar-refractivity contribution in [2.75, 3.05) is 4.72 Å². The predicted octanol–water partition coefficient (Wildman–Crippen LogP) is 1.71. The quantitative estimate of drug-likeness (QED) is 0.924. The van der Waals surface area contributed by atoms with Crippen LogP contribution < -0.4 is 4.72 Å². The summed E-state index contributed by atoms with van der Waals surface area (Å²) in [5.74, 6) is -0.0768. The molecular weight excluding hydrogens is 310 g/mol. The third-order valence-corrected chi connectivity index (χ3v) is 5.49. The molecule has 10 heteroatoms. The van der Waals surface area contributed by atoms with E-state index in [9.17, 15) is 8.42 Å². The fraction of sp³-hybridized carbons (Fsp3) is 0.333. The first-order valence-corrected chi connectivity index (χ1v) is 7.81. The first-order valence-electron chi connectivity index (χ1n) is 5.13. The zero-order valence-electron chi connectivity index (χ0n) is 10.3. The van der Waals surface area contributed by atoms with E-state index in [1.54, 1.807) is 20.8 Å². The van der Waals surface area contributed by atoms with Crippen LogP contribution in [0.25, 0.3) is 0 Å². The molecule has 2 heterocycles. The first kappa shape index (κ1) is 14.1. The fourth-order valence-electron chi connectivity index (χ4n) is 1.27. The normalized spacial score (nSPS) is 11.6. The Labute approximate surface area is 119 Å². The van der Waals surface area contributed by atoms with E-state index in [0.29, 0.717) is 17.1 Å². The van der Waals surface area contributed by atoms with Gasteiger partial charge >= 0.3 is 0 Å². The van der Waals surface area contributed by atoms with Gasteiger partial charge in [0, 0.05) is 0 Å². The van der Waals surface area contributed by atoms with E-state index < -0.39 is 10.0 Å². The minimum absolute atomic E-state index is 0.0410. The molecule has 0 aliphatic carbocycles. The summed E-state index contributed by atoms with van der Waals surface area (Å²) in [5, 5.41) is 7.49. The van der Waals surface area contributed by atoms with Gasteiger partial charge in [-0.05, 0) is 20.8 Å². The van der Waals surface area contributed by atoms with Crippen LogP contribution in [0.2, 0.25) is 4.47 Å². The van der Waals surface area contributed by atoms with Gasteiger partial charge in [0.1, 0.15) is 0 Å². The molecule has 0 unspecified atom stereocenters. The second-order valence-electron chi connectivity index (χ2n) is 3.75. The number of halogens is 1. The summed E-state index contributed by atoms with van der Waals surface area (Å²) in [5.41, 5.74) is 1.58. The van der Waals surface area contributed by atoms with Gasteiger partial charge in [-0.2, -0.15) is 5.10 Å². The number of aryl methyl sites for hydroxylation is 3. The number of sulfonamides is 1. The number of rotatable bonds is 3. The summed E-state index contributed by atoms with van der Waals surface area (Å²) >= 11 is 6.57. The number of hydrogen-bond donors (Lipinski definition) is 1. The number of nitrogens with one attached hydrogen (secondary N) is 1. The summed E-state index contributed by atoms with van der Waals surface area (Å²) in [6, 6.07) is 0. The van der Waals surface area contributed by atoms with E-state index in [0.717, 1.165) is 11.3 Å². The molecule has 0 spiro atoms. The molecule has 2 aromatic heterocycles. The van der Waals surface area contributed by atoms with Crippen molar-refractivity contribution in [3.05, 3.63) is 21.5 Å². The maximum Gasteiger partial charge on any atom is 0.275 e. The molecule has 1 N–H and O–H groups in total. The van der Waals surface area contributed by atoms with Gasteiger partial charge in [0.2, 0.25) is 0 Å². The maximum absolute atomic E-state index is 12.1. The van der Waals surface area contributed by atoms with Crippen molar-refractivity contribution in [3.63, 3.8) is 0 Å². The lowest BCUT2D eigenvalue weighted by Gasteiger charge is -2.05. The Morgan fingerprint density at radius 3 is 2.26 bits per heavy atom. The van der Waals surface area contributed by atoms with E-state index in [1.807, 2.05) is 0 Å². The second-order valence-corrected chi connectivity index (χ2v) is 7.21. The highest BCUT2D eigenvalue weighted by Crippen LogP contribution is 2.27. The Hall–Kier alpha value is -1.32. The van der Waals surface area contributed by atoms with Crippen molar-refractivity contribution >= 4 is 38.9 Å². The van der Waals surface area contributed by atoms with Crippen LogP contribution in [-0.2, 0) is 10.0 Å². The molecule has 102 valence electrons. The van der Waals surface area contributed by atoms with Gasteiger partial charge in [0.05, 0.1) is 17.1 Å². The van der Waals surface area contributed by atoms with Gasteiger partial charge in [-0.15, -0.1) is 5.10 Å². The molecule has 0 aliphatic rings. The minimum Gasteiger partial charge on any atom is -0.245 e. The molecule has 0 aromatic carbocycles. The standard InChI is InChI=1S/C9H10ClN5O2S2/c1-4-5(2)13-14-9(12-4)15-19(16,17)7-6(3)11-8(10)18-7/h1-3H3,(H,12,14,15). The molecule has 2 rings (SSSR count). The molecule has 0 amide bonds. The van der Waals surface area contributed by atoms with Gasteiger partial charge < -0.3 is 0 Å². The van der Waals surface area contributed by atoms with Crippen LogP contribution in [0, 0.1) is 20.8 Å². The Bertz CT molecular complexity index is 728. The maximum atomic E-state index is 12.1. The molecular formula is C9H10ClN5O2S2. The highest BCUT2D eigenvalue weighted by Gasteiger charge is 2.22. The summed E-state index contributed by atoms with van der Waals surface area (Å²) in [7, 11) is -3.80. The smallest absolute Gasteiger partial charge is 0.245 e. The number of hydrogen-bond acceptors (Lipinski definition) is 7. The molecule has 0 saturated carbocycles. The number of thiazole rings is 1. The van der Waals surface area contributed by atoms with Gasteiger partial charge in [-0.25, -0.2) is 23.1 Å². The molecule has 0 saturated heterocycles. The van der Waals surface area contributed by atoms with Crippen molar-refractivity contribution in [3.8, 4) is 0 Å². The van der Waals surface area contributed by atoms with Crippen LogP contribution in [0.1, 0.15) is 17.1 Å². The van der Waals surface area contributed by atoms with Crippen LogP contribution in [0.3, 0.4) is 0 Å². The van der Waals surface area contributed by atoms with Crippen molar-refractivity contribution in [2.45, 2.75) is 25.0 Å². The lowest BCUT2D eigenvalue weighted by molar-refractivity contribution is 0.601. The molecule has 0 atom stereocenters.